The molecule has 1 aromatic heterocycles. The average molecular weight is 274 g/mol. The molecular formula is C17H24NO2+. The zero-order chi connectivity index (χ0) is 14.4. The molecule has 0 spiro atoms. The van der Waals surface area contributed by atoms with Crippen LogP contribution >= 0.6 is 0 Å². The first-order valence-electron chi connectivity index (χ1n) is 7.57. The van der Waals surface area contributed by atoms with Crippen molar-refractivity contribution in [2.75, 3.05) is 0 Å². The summed E-state index contributed by atoms with van der Waals surface area (Å²) in [6.45, 7) is 7.28. The number of hydrogen-bond acceptors (Lipinski definition) is 2. The van der Waals surface area contributed by atoms with Gasteiger partial charge in [-0.05, 0) is 30.6 Å². The summed E-state index contributed by atoms with van der Waals surface area (Å²) in [6, 6.07) is 5.80. The second kappa shape index (κ2) is 4.57. The predicted molar refractivity (Wildman–Crippen MR) is 75.7 cm³/mol. The molecule has 1 heterocycles. The monoisotopic (exact) mass is 274 g/mol. The van der Waals surface area contributed by atoms with Gasteiger partial charge in [0.15, 0.2) is 12.4 Å². The molecule has 3 heteroatoms. The summed E-state index contributed by atoms with van der Waals surface area (Å²) in [5.74, 6) is 0.588. The smallest absolute Gasteiger partial charge is 0.372 e. The van der Waals surface area contributed by atoms with Crippen molar-refractivity contribution < 1.29 is 14.1 Å². The second-order valence-electron chi connectivity index (χ2n) is 7.14. The average Bonchev–Trinajstić information content (AvgIpc) is 2.73. The van der Waals surface area contributed by atoms with E-state index >= 15 is 0 Å². The van der Waals surface area contributed by atoms with Crippen LogP contribution in [0.1, 0.15) is 40.0 Å². The summed E-state index contributed by atoms with van der Waals surface area (Å²) in [6.07, 6.45) is 7.38. The first kappa shape index (κ1) is 13.6. The molecule has 0 unspecified atom stereocenters. The Morgan fingerprint density at radius 2 is 1.95 bits per heavy atom. The SMILES string of the molecule is CC1(C)[C@H]2CC[C@]1(C)[C@@H](OC(=O)C[n+]1ccccc1)C2. The van der Waals surface area contributed by atoms with Crippen molar-refractivity contribution in [2.45, 2.75) is 52.7 Å². The first-order chi connectivity index (χ1) is 9.43. The number of carbonyl (C=O) groups is 1. The van der Waals surface area contributed by atoms with Gasteiger partial charge in [-0.2, -0.15) is 4.57 Å². The van der Waals surface area contributed by atoms with Gasteiger partial charge in [0.05, 0.1) is 0 Å². The Labute approximate surface area is 121 Å². The van der Waals surface area contributed by atoms with Crippen LogP contribution in [0.2, 0.25) is 0 Å². The van der Waals surface area contributed by atoms with Gasteiger partial charge >= 0.3 is 5.97 Å². The van der Waals surface area contributed by atoms with Crippen LogP contribution in [0.4, 0.5) is 0 Å². The van der Waals surface area contributed by atoms with Gasteiger partial charge in [-0.15, -0.1) is 0 Å². The lowest BCUT2D eigenvalue weighted by molar-refractivity contribution is -0.686. The van der Waals surface area contributed by atoms with Crippen molar-refractivity contribution >= 4 is 5.97 Å². The Kier molecular flexibility index (Phi) is 3.11. The summed E-state index contributed by atoms with van der Waals surface area (Å²) >= 11 is 0. The van der Waals surface area contributed by atoms with E-state index in [1.807, 2.05) is 35.2 Å². The molecule has 2 aliphatic carbocycles. The number of ether oxygens (including phenoxy) is 1. The van der Waals surface area contributed by atoms with Gasteiger partial charge in [-0.25, -0.2) is 4.79 Å². The topological polar surface area (TPSA) is 30.2 Å². The molecule has 3 nitrogen and oxygen atoms in total. The molecule has 2 bridgehead atoms. The van der Waals surface area contributed by atoms with Crippen LogP contribution in [0, 0.1) is 16.7 Å². The molecule has 108 valence electrons. The molecule has 3 atom stereocenters. The molecule has 0 aromatic carbocycles. The van der Waals surface area contributed by atoms with Gasteiger partial charge in [-0.3, -0.25) is 0 Å². The van der Waals surface area contributed by atoms with Gasteiger partial charge in [0.25, 0.3) is 0 Å². The Bertz CT molecular complexity index is 511. The molecule has 1 aromatic rings. The van der Waals surface area contributed by atoms with Crippen LogP contribution in [0.15, 0.2) is 30.6 Å². The van der Waals surface area contributed by atoms with E-state index < -0.39 is 0 Å². The van der Waals surface area contributed by atoms with Crippen molar-refractivity contribution in [3.05, 3.63) is 30.6 Å². The van der Waals surface area contributed by atoms with Gasteiger partial charge in [0.1, 0.15) is 6.10 Å². The lowest BCUT2D eigenvalue weighted by Gasteiger charge is -2.38. The van der Waals surface area contributed by atoms with E-state index in [1.165, 1.54) is 12.8 Å². The van der Waals surface area contributed by atoms with E-state index in [0.29, 0.717) is 12.5 Å². The predicted octanol–water partition coefficient (Wildman–Crippen LogP) is 2.73. The van der Waals surface area contributed by atoms with Crippen molar-refractivity contribution in [3.63, 3.8) is 0 Å². The Hall–Kier alpha value is -1.38. The van der Waals surface area contributed by atoms with Crippen LogP contribution in [-0.2, 0) is 16.1 Å². The molecule has 0 aliphatic heterocycles. The summed E-state index contributed by atoms with van der Waals surface area (Å²) < 4.78 is 7.69. The van der Waals surface area contributed by atoms with E-state index in [2.05, 4.69) is 20.8 Å². The highest BCUT2D eigenvalue weighted by Gasteiger charge is 2.62. The minimum Gasteiger partial charge on any atom is -0.457 e. The highest BCUT2D eigenvalue weighted by molar-refractivity contribution is 5.68. The molecule has 0 amide bonds. The zero-order valence-corrected chi connectivity index (χ0v) is 12.6. The van der Waals surface area contributed by atoms with Crippen LogP contribution in [0.25, 0.3) is 0 Å². The second-order valence-corrected chi connectivity index (χ2v) is 7.14. The Morgan fingerprint density at radius 3 is 2.50 bits per heavy atom. The highest BCUT2D eigenvalue weighted by Crippen LogP contribution is 2.66. The molecule has 0 N–H and O–H groups in total. The van der Waals surface area contributed by atoms with Gasteiger partial charge in [0.2, 0.25) is 6.54 Å². The van der Waals surface area contributed by atoms with E-state index in [0.717, 1.165) is 6.42 Å². The number of nitrogens with zero attached hydrogens (tertiary/aromatic N) is 1. The fourth-order valence-electron chi connectivity index (χ4n) is 4.19. The van der Waals surface area contributed by atoms with E-state index in [4.69, 9.17) is 4.74 Å². The molecule has 2 saturated carbocycles. The van der Waals surface area contributed by atoms with Gasteiger partial charge < -0.3 is 4.74 Å². The van der Waals surface area contributed by atoms with Crippen molar-refractivity contribution in [3.8, 4) is 0 Å². The van der Waals surface area contributed by atoms with Crippen molar-refractivity contribution in [1.82, 2.24) is 0 Å². The van der Waals surface area contributed by atoms with E-state index in [1.54, 1.807) is 0 Å². The number of rotatable bonds is 3. The number of pyridine rings is 1. The normalized spacial score (nSPS) is 34.1. The van der Waals surface area contributed by atoms with E-state index in [-0.39, 0.29) is 22.9 Å². The van der Waals surface area contributed by atoms with Crippen LogP contribution in [-0.4, -0.2) is 12.1 Å². The summed E-state index contributed by atoms with van der Waals surface area (Å²) in [7, 11) is 0. The number of carbonyl (C=O) groups excluding carboxylic acids is 1. The molecule has 20 heavy (non-hydrogen) atoms. The summed E-state index contributed by atoms with van der Waals surface area (Å²) in [5.41, 5.74) is 0.437. The third-order valence-corrected chi connectivity index (χ3v) is 6.08. The zero-order valence-electron chi connectivity index (χ0n) is 12.6. The van der Waals surface area contributed by atoms with Crippen molar-refractivity contribution in [2.24, 2.45) is 16.7 Å². The van der Waals surface area contributed by atoms with Gasteiger partial charge in [0, 0.05) is 17.5 Å². The van der Waals surface area contributed by atoms with E-state index in [9.17, 15) is 4.79 Å². The largest absolute Gasteiger partial charge is 0.457 e. The van der Waals surface area contributed by atoms with Crippen LogP contribution < -0.4 is 4.57 Å². The molecule has 0 saturated heterocycles. The first-order valence-corrected chi connectivity index (χ1v) is 7.57. The molecule has 3 rings (SSSR count). The summed E-state index contributed by atoms with van der Waals surface area (Å²) in [5, 5.41) is 0. The number of fused-ring (bicyclic) bond motifs is 2. The summed E-state index contributed by atoms with van der Waals surface area (Å²) in [4.78, 5) is 12.2. The lowest BCUT2D eigenvalue weighted by Crippen LogP contribution is -2.42. The maximum Gasteiger partial charge on any atom is 0.372 e. The molecular weight excluding hydrogens is 250 g/mol. The van der Waals surface area contributed by atoms with Gasteiger partial charge in [-0.1, -0.05) is 26.8 Å². The lowest BCUT2D eigenvalue weighted by atomic mass is 9.70. The highest BCUT2D eigenvalue weighted by atomic mass is 16.5. The van der Waals surface area contributed by atoms with Crippen LogP contribution in [0.5, 0.6) is 0 Å². The van der Waals surface area contributed by atoms with Crippen molar-refractivity contribution in [1.29, 1.82) is 0 Å². The molecule has 0 radical (unpaired) electrons. The third-order valence-electron chi connectivity index (χ3n) is 6.08. The quantitative estimate of drug-likeness (QED) is 0.626. The maximum absolute atomic E-state index is 12.2. The number of aromatic nitrogens is 1. The van der Waals surface area contributed by atoms with Crippen LogP contribution in [0.3, 0.4) is 0 Å². The minimum atomic E-state index is -0.115. The standard InChI is InChI=1S/C17H24NO2/c1-16(2)13-7-8-17(16,3)14(11-13)20-15(19)12-18-9-5-4-6-10-18/h4-6,9-10,13-14H,7-8,11-12H2,1-3H3/q+1/t13-,14-,17+/m0/s1. The number of esters is 1. The third kappa shape index (κ3) is 1.95. The molecule has 2 aliphatic rings. The molecule has 2 fully saturated rings. The fourth-order valence-corrected chi connectivity index (χ4v) is 4.19. The fraction of sp³-hybridized carbons (Fsp3) is 0.647. The Balaban J connectivity index is 1.66. The number of hydrogen-bond donors (Lipinski definition) is 0. The minimum absolute atomic E-state index is 0.0908. The maximum atomic E-state index is 12.2. The Morgan fingerprint density at radius 1 is 1.25 bits per heavy atom.